The number of nitriles is 1. The molecule has 0 aromatic heterocycles. The maximum atomic E-state index is 13.1. The smallest absolute Gasteiger partial charge is 0.257 e. The number of carbonyl (C=O) groups is 3. The van der Waals surface area contributed by atoms with Crippen molar-refractivity contribution in [3.63, 3.8) is 0 Å². The maximum absolute atomic E-state index is 13.1. The van der Waals surface area contributed by atoms with Gasteiger partial charge in [-0.3, -0.25) is 14.4 Å². The summed E-state index contributed by atoms with van der Waals surface area (Å²) in [6, 6.07) is 7.70. The van der Waals surface area contributed by atoms with Crippen LogP contribution in [0.15, 0.2) is 35.9 Å². The van der Waals surface area contributed by atoms with Crippen LogP contribution in [0.25, 0.3) is 0 Å². The maximum Gasteiger partial charge on any atom is 0.257 e. The van der Waals surface area contributed by atoms with Crippen molar-refractivity contribution in [3.8, 4) is 6.07 Å². The molecule has 1 saturated carbocycles. The number of nitrogens with zero attached hydrogens (tertiary/aromatic N) is 3. The van der Waals surface area contributed by atoms with Crippen molar-refractivity contribution in [1.29, 1.82) is 5.26 Å². The second kappa shape index (κ2) is 8.20. The highest BCUT2D eigenvalue weighted by Crippen LogP contribution is 2.34. The number of anilines is 1. The fraction of sp³-hybridized carbons (Fsp3) is 0.478. The Hall–Kier alpha value is -2.94. The molecule has 1 unspecified atom stereocenters. The number of imide groups is 1. The number of rotatable bonds is 6. The largest absolute Gasteiger partial charge is 0.330 e. The van der Waals surface area contributed by atoms with E-state index in [0.717, 1.165) is 32.1 Å². The molecule has 3 aliphatic rings. The Balaban J connectivity index is 1.53. The van der Waals surface area contributed by atoms with E-state index in [9.17, 15) is 14.4 Å². The molecule has 2 fully saturated rings. The number of hydrogen-bond donors (Lipinski definition) is 0. The fourth-order valence-corrected chi connectivity index (χ4v) is 4.20. The lowest BCUT2D eigenvalue weighted by Gasteiger charge is -2.28. The Labute approximate surface area is 170 Å². The van der Waals surface area contributed by atoms with E-state index in [-0.39, 0.29) is 30.1 Å². The molecule has 1 aromatic rings. The first-order valence-corrected chi connectivity index (χ1v) is 10.4. The lowest BCUT2D eigenvalue weighted by molar-refractivity contribution is -0.139. The van der Waals surface area contributed by atoms with Gasteiger partial charge in [0, 0.05) is 12.5 Å². The van der Waals surface area contributed by atoms with Crippen LogP contribution in [0.3, 0.4) is 0 Å². The van der Waals surface area contributed by atoms with Crippen LogP contribution in [0.4, 0.5) is 5.69 Å². The molecule has 6 nitrogen and oxygen atoms in total. The molecule has 1 aliphatic heterocycles. The van der Waals surface area contributed by atoms with Crippen molar-refractivity contribution < 1.29 is 14.4 Å². The third-order valence-corrected chi connectivity index (χ3v) is 6.02. The number of carbonyl (C=O) groups excluding carboxylic acids is 3. The average molecular weight is 391 g/mol. The Bertz CT molecular complexity index is 893. The zero-order valence-corrected chi connectivity index (χ0v) is 16.5. The van der Waals surface area contributed by atoms with Crippen LogP contribution < -0.4 is 4.90 Å². The van der Waals surface area contributed by atoms with Gasteiger partial charge in [0.25, 0.3) is 5.91 Å². The van der Waals surface area contributed by atoms with Crippen molar-refractivity contribution >= 4 is 23.4 Å². The van der Waals surface area contributed by atoms with Crippen LogP contribution in [0.1, 0.15) is 56.9 Å². The van der Waals surface area contributed by atoms with Gasteiger partial charge in [-0.2, -0.15) is 5.26 Å². The molecule has 1 heterocycles. The summed E-state index contributed by atoms with van der Waals surface area (Å²) in [6.07, 6.45) is 9.31. The SMILES string of the molecule is N#Cc1ccc(N2C(=O)CC(N(CCC3=CCCCC3)C(=O)C3CC3)C2=O)cc1. The van der Waals surface area contributed by atoms with Crippen LogP contribution in [0.2, 0.25) is 0 Å². The van der Waals surface area contributed by atoms with E-state index in [4.69, 9.17) is 5.26 Å². The first-order valence-electron chi connectivity index (χ1n) is 10.4. The van der Waals surface area contributed by atoms with Crippen molar-refractivity contribution in [3.05, 3.63) is 41.5 Å². The standard InChI is InChI=1S/C23H25N3O3/c24-15-17-6-10-19(11-7-17)26-21(27)14-20(23(26)29)25(22(28)18-8-9-18)13-12-16-4-2-1-3-5-16/h4,6-7,10-11,18,20H,1-3,5,8-9,12-14H2. The topological polar surface area (TPSA) is 81.5 Å². The van der Waals surface area contributed by atoms with Gasteiger partial charge in [-0.15, -0.1) is 0 Å². The first kappa shape index (κ1) is 19.4. The van der Waals surface area contributed by atoms with Crippen molar-refractivity contribution in [2.45, 2.75) is 57.4 Å². The number of benzene rings is 1. The molecule has 1 saturated heterocycles. The zero-order chi connectivity index (χ0) is 20.4. The Morgan fingerprint density at radius 2 is 1.93 bits per heavy atom. The predicted octanol–water partition coefficient (Wildman–Crippen LogP) is 3.32. The third-order valence-electron chi connectivity index (χ3n) is 6.02. The van der Waals surface area contributed by atoms with E-state index in [1.54, 1.807) is 29.2 Å². The van der Waals surface area contributed by atoms with Gasteiger partial charge in [-0.1, -0.05) is 11.6 Å². The molecule has 0 spiro atoms. The minimum absolute atomic E-state index is 0.00204. The van der Waals surface area contributed by atoms with Gasteiger partial charge in [0.05, 0.1) is 23.7 Å². The van der Waals surface area contributed by atoms with Gasteiger partial charge in [-0.25, -0.2) is 4.90 Å². The Kier molecular flexibility index (Phi) is 5.48. The fourth-order valence-electron chi connectivity index (χ4n) is 4.20. The second-order valence-electron chi connectivity index (χ2n) is 8.11. The molecule has 6 heteroatoms. The van der Waals surface area contributed by atoms with Crippen molar-refractivity contribution in [2.75, 3.05) is 11.4 Å². The highest BCUT2D eigenvalue weighted by Gasteiger charge is 2.46. The number of hydrogen-bond acceptors (Lipinski definition) is 4. The Morgan fingerprint density at radius 3 is 2.55 bits per heavy atom. The van der Waals surface area contributed by atoms with Crippen molar-refractivity contribution in [2.24, 2.45) is 5.92 Å². The summed E-state index contributed by atoms with van der Waals surface area (Å²) in [5.74, 6) is -0.627. The van der Waals surface area contributed by atoms with Crippen LogP contribution in [-0.4, -0.2) is 35.2 Å². The highest BCUT2D eigenvalue weighted by atomic mass is 16.2. The third kappa shape index (κ3) is 4.09. The van der Waals surface area contributed by atoms with Gasteiger partial charge in [-0.05, 0) is 69.2 Å². The molecule has 0 radical (unpaired) electrons. The summed E-state index contributed by atoms with van der Waals surface area (Å²) in [5.41, 5.74) is 2.27. The van der Waals surface area contributed by atoms with Crippen LogP contribution >= 0.6 is 0 Å². The lowest BCUT2D eigenvalue weighted by Crippen LogP contribution is -2.46. The van der Waals surface area contributed by atoms with Crippen LogP contribution in [0.5, 0.6) is 0 Å². The lowest BCUT2D eigenvalue weighted by atomic mass is 9.97. The van der Waals surface area contributed by atoms with Gasteiger partial charge in [0.1, 0.15) is 6.04 Å². The molecule has 0 N–H and O–H groups in total. The Morgan fingerprint density at radius 1 is 1.17 bits per heavy atom. The molecule has 1 atom stereocenters. The van der Waals surface area contributed by atoms with Crippen molar-refractivity contribution in [1.82, 2.24) is 4.90 Å². The molecule has 4 rings (SSSR count). The van der Waals surface area contributed by atoms with Gasteiger partial charge < -0.3 is 4.90 Å². The molecule has 29 heavy (non-hydrogen) atoms. The summed E-state index contributed by atoms with van der Waals surface area (Å²) in [5, 5.41) is 8.95. The highest BCUT2D eigenvalue weighted by molar-refractivity contribution is 6.23. The summed E-state index contributed by atoms with van der Waals surface area (Å²) in [4.78, 5) is 41.6. The molecule has 1 aromatic carbocycles. The normalized spacial score (nSPS) is 21.7. The van der Waals surface area contributed by atoms with E-state index >= 15 is 0 Å². The van der Waals surface area contributed by atoms with Crippen LogP contribution in [-0.2, 0) is 14.4 Å². The molecular formula is C23H25N3O3. The molecule has 150 valence electrons. The van der Waals surface area contributed by atoms with E-state index < -0.39 is 6.04 Å². The summed E-state index contributed by atoms with van der Waals surface area (Å²) in [7, 11) is 0. The summed E-state index contributed by atoms with van der Waals surface area (Å²) in [6.45, 7) is 0.492. The molecule has 0 bridgehead atoms. The van der Waals surface area contributed by atoms with E-state index in [1.165, 1.54) is 23.3 Å². The quantitative estimate of drug-likeness (QED) is 0.550. The van der Waals surface area contributed by atoms with Crippen LogP contribution in [0, 0.1) is 17.2 Å². The number of amides is 3. The summed E-state index contributed by atoms with van der Waals surface area (Å²) >= 11 is 0. The van der Waals surface area contributed by atoms with Gasteiger partial charge in [0.2, 0.25) is 11.8 Å². The monoisotopic (exact) mass is 391 g/mol. The molecular weight excluding hydrogens is 366 g/mol. The zero-order valence-electron chi connectivity index (χ0n) is 16.5. The molecule has 2 aliphatic carbocycles. The minimum atomic E-state index is -0.726. The van der Waals surface area contributed by atoms with Gasteiger partial charge in [0.15, 0.2) is 0 Å². The minimum Gasteiger partial charge on any atom is -0.330 e. The van der Waals surface area contributed by atoms with Gasteiger partial charge >= 0.3 is 0 Å². The average Bonchev–Trinajstić information content (AvgIpc) is 3.55. The summed E-state index contributed by atoms with van der Waals surface area (Å²) < 4.78 is 0. The molecule has 3 amide bonds. The van der Waals surface area contributed by atoms with E-state index in [0.29, 0.717) is 17.8 Å². The van der Waals surface area contributed by atoms with E-state index in [1.807, 2.05) is 6.07 Å². The first-order chi connectivity index (χ1) is 14.1. The second-order valence-corrected chi connectivity index (χ2v) is 8.11. The van der Waals surface area contributed by atoms with E-state index in [2.05, 4.69) is 6.08 Å². The number of allylic oxidation sites excluding steroid dienone is 1. The predicted molar refractivity (Wildman–Crippen MR) is 108 cm³/mol.